The van der Waals surface area contributed by atoms with Crippen LogP contribution in [0, 0.1) is 13.8 Å². The molecule has 0 radical (unpaired) electrons. The molecule has 3 N–H and O–H groups in total. The fourth-order valence-electron chi connectivity index (χ4n) is 4.15. The molecule has 1 atom stereocenters. The molecule has 1 aliphatic rings. The smallest absolute Gasteiger partial charge is 0.423 e. The van der Waals surface area contributed by atoms with E-state index in [1.807, 2.05) is 6.92 Å². The third kappa shape index (κ3) is 6.65. The number of fused-ring (bicyclic) bond motifs is 1. The number of benzene rings is 1. The van der Waals surface area contributed by atoms with E-state index in [1.165, 1.54) is 17.8 Å². The van der Waals surface area contributed by atoms with Gasteiger partial charge >= 0.3 is 12.1 Å². The monoisotopic (exact) mass is 579 g/mol. The summed E-state index contributed by atoms with van der Waals surface area (Å²) >= 11 is 0. The molecule has 2 aromatic heterocycles. The molecule has 14 nitrogen and oxygen atoms in total. The number of hydrogen-bond acceptors (Lipinski definition) is 9. The van der Waals surface area contributed by atoms with Crippen LogP contribution in [0.3, 0.4) is 0 Å². The maximum absolute atomic E-state index is 13.7. The quantitative estimate of drug-likeness (QED) is 0.165. The second-order valence-electron chi connectivity index (χ2n) is 9.88. The van der Waals surface area contributed by atoms with Crippen molar-refractivity contribution in [2.45, 2.75) is 59.0 Å². The number of nitrogens with zero attached hydrogens (tertiary/aromatic N) is 4. The third-order valence-electron chi connectivity index (χ3n) is 6.66. The Morgan fingerprint density at radius 1 is 1.17 bits per heavy atom. The molecule has 4 rings (SSSR count). The molecule has 3 aromatic rings. The molecule has 0 unspecified atom stereocenters. The first kappa shape index (κ1) is 30.0. The van der Waals surface area contributed by atoms with Gasteiger partial charge in [-0.3, -0.25) is 14.4 Å². The van der Waals surface area contributed by atoms with Gasteiger partial charge in [0.05, 0.1) is 11.3 Å². The lowest BCUT2D eigenvalue weighted by Gasteiger charge is -2.24. The van der Waals surface area contributed by atoms with Gasteiger partial charge in [0, 0.05) is 24.3 Å². The van der Waals surface area contributed by atoms with E-state index < -0.39 is 24.9 Å². The van der Waals surface area contributed by atoms with Gasteiger partial charge in [-0.2, -0.15) is 5.10 Å². The highest BCUT2D eigenvalue weighted by molar-refractivity contribution is 6.05. The molecule has 0 bridgehead atoms. The first-order valence-electron chi connectivity index (χ1n) is 13.5. The van der Waals surface area contributed by atoms with Crippen molar-refractivity contribution in [3.05, 3.63) is 53.0 Å². The van der Waals surface area contributed by atoms with Crippen LogP contribution in [0.1, 0.15) is 65.0 Å². The fraction of sp³-hybridized carbons (Fsp3) is 0.393. The summed E-state index contributed by atoms with van der Waals surface area (Å²) in [6, 6.07) is 4.05. The molecule has 1 aromatic carbocycles. The summed E-state index contributed by atoms with van der Waals surface area (Å²) in [6.07, 6.45) is 4.71. The molecule has 14 heteroatoms. The molecule has 1 saturated carbocycles. The highest BCUT2D eigenvalue weighted by Gasteiger charge is 2.30. The number of nitrogens with one attached hydrogen (secondary N) is 3. The Kier molecular flexibility index (Phi) is 9.35. The van der Waals surface area contributed by atoms with Gasteiger partial charge in [0.25, 0.3) is 11.8 Å². The molecule has 1 fully saturated rings. The number of carbonyl (C=O) groups excluding carboxylic acids is 5. The SMILES string of the molecule is CCCNC(=O)c1cn2ncnc(N(C(=O)OCOC(=O)[C@H](C)NC=O)c3cc(C(=O)NC4CC4)ccc3C)c2c1C. The minimum atomic E-state index is -0.972. The van der Waals surface area contributed by atoms with Crippen LogP contribution in [-0.4, -0.2) is 70.3 Å². The van der Waals surface area contributed by atoms with Gasteiger partial charge < -0.3 is 25.4 Å². The lowest BCUT2D eigenvalue weighted by atomic mass is 10.1. The van der Waals surface area contributed by atoms with Crippen molar-refractivity contribution >= 4 is 47.3 Å². The molecule has 42 heavy (non-hydrogen) atoms. The summed E-state index contributed by atoms with van der Waals surface area (Å²) in [5, 5.41) is 12.2. The van der Waals surface area contributed by atoms with Gasteiger partial charge in [-0.15, -0.1) is 0 Å². The zero-order valence-electron chi connectivity index (χ0n) is 23.8. The molecular weight excluding hydrogens is 546 g/mol. The van der Waals surface area contributed by atoms with Gasteiger partial charge in [0.2, 0.25) is 13.2 Å². The molecule has 1 aliphatic carbocycles. The molecule has 0 spiro atoms. The van der Waals surface area contributed by atoms with Crippen molar-refractivity contribution in [2.75, 3.05) is 18.2 Å². The second kappa shape index (κ2) is 13.1. The minimum absolute atomic E-state index is 0.0761. The van der Waals surface area contributed by atoms with Gasteiger partial charge in [0.15, 0.2) is 5.82 Å². The number of aryl methyl sites for hydroxylation is 2. The van der Waals surface area contributed by atoms with E-state index in [0.29, 0.717) is 40.7 Å². The van der Waals surface area contributed by atoms with Crippen molar-refractivity contribution in [1.82, 2.24) is 30.5 Å². The Bertz CT molecular complexity index is 1520. The standard InChI is InChI=1S/C28H33N7O7/c1-5-10-29-26(38)21-12-34-23(17(21)3)24(30-13-32-34)35(28(40)42-15-41-27(39)18(4)31-14-36)22-11-19(7-6-16(22)2)25(37)33-20-8-9-20/h6-7,11-14,18,20H,5,8-10,15H2,1-4H3,(H,29,38)(H,31,36)(H,33,37)/t18-/m0/s1. The number of amides is 4. The molecule has 4 amide bonds. The first-order chi connectivity index (χ1) is 20.2. The Morgan fingerprint density at radius 2 is 1.93 bits per heavy atom. The largest absolute Gasteiger partial charge is 0.426 e. The van der Waals surface area contributed by atoms with Crippen LogP contribution in [0.5, 0.6) is 0 Å². The zero-order chi connectivity index (χ0) is 30.4. The van der Waals surface area contributed by atoms with E-state index in [4.69, 9.17) is 9.47 Å². The second-order valence-corrected chi connectivity index (χ2v) is 9.88. The molecule has 0 aliphatic heterocycles. The van der Waals surface area contributed by atoms with Crippen molar-refractivity contribution < 1.29 is 33.4 Å². The van der Waals surface area contributed by atoms with Crippen molar-refractivity contribution in [3.8, 4) is 0 Å². The first-order valence-corrected chi connectivity index (χ1v) is 13.5. The van der Waals surface area contributed by atoms with Crippen LogP contribution in [0.15, 0.2) is 30.7 Å². The summed E-state index contributed by atoms with van der Waals surface area (Å²) in [5.41, 5.74) is 2.42. The van der Waals surface area contributed by atoms with Crippen LogP contribution < -0.4 is 20.9 Å². The predicted octanol–water partition coefficient (Wildman–Crippen LogP) is 2.29. The van der Waals surface area contributed by atoms with Gasteiger partial charge in [-0.05, 0) is 63.3 Å². The molecule has 222 valence electrons. The minimum Gasteiger partial charge on any atom is -0.426 e. The molecular formula is C28H33N7O7. The van der Waals surface area contributed by atoms with E-state index in [1.54, 1.807) is 38.2 Å². The van der Waals surface area contributed by atoms with E-state index in [9.17, 15) is 24.0 Å². The molecule has 2 heterocycles. The number of rotatable bonds is 12. The lowest BCUT2D eigenvalue weighted by molar-refractivity contribution is -0.154. The Morgan fingerprint density at radius 3 is 2.62 bits per heavy atom. The summed E-state index contributed by atoms with van der Waals surface area (Å²) in [4.78, 5) is 67.6. The summed E-state index contributed by atoms with van der Waals surface area (Å²) in [5.74, 6) is -1.34. The van der Waals surface area contributed by atoms with Crippen molar-refractivity contribution in [2.24, 2.45) is 0 Å². The van der Waals surface area contributed by atoms with Crippen LogP contribution in [0.4, 0.5) is 16.3 Å². The summed E-state index contributed by atoms with van der Waals surface area (Å²) < 4.78 is 11.7. The van der Waals surface area contributed by atoms with Crippen LogP contribution in [-0.2, 0) is 19.1 Å². The number of anilines is 2. The predicted molar refractivity (Wildman–Crippen MR) is 150 cm³/mol. The van der Waals surface area contributed by atoms with E-state index in [0.717, 1.165) is 24.2 Å². The highest BCUT2D eigenvalue weighted by atomic mass is 16.7. The highest BCUT2D eigenvalue weighted by Crippen LogP contribution is 2.34. The maximum atomic E-state index is 13.7. The van der Waals surface area contributed by atoms with E-state index in [2.05, 4.69) is 26.0 Å². The maximum Gasteiger partial charge on any atom is 0.423 e. The van der Waals surface area contributed by atoms with E-state index >= 15 is 0 Å². The van der Waals surface area contributed by atoms with Crippen molar-refractivity contribution in [3.63, 3.8) is 0 Å². The third-order valence-corrected chi connectivity index (χ3v) is 6.66. The van der Waals surface area contributed by atoms with Crippen LogP contribution >= 0.6 is 0 Å². The normalized spacial score (nSPS) is 13.1. The molecule has 0 saturated heterocycles. The number of aromatic nitrogens is 3. The summed E-state index contributed by atoms with van der Waals surface area (Å²) in [7, 11) is 0. The Balaban J connectivity index is 1.75. The average molecular weight is 580 g/mol. The number of carbonyl (C=O) groups is 5. The van der Waals surface area contributed by atoms with Crippen LogP contribution in [0.2, 0.25) is 0 Å². The average Bonchev–Trinajstić information content (AvgIpc) is 3.72. The van der Waals surface area contributed by atoms with Gasteiger partial charge in [0.1, 0.15) is 17.9 Å². The Labute approximate surface area is 241 Å². The van der Waals surface area contributed by atoms with Crippen LogP contribution in [0.25, 0.3) is 5.52 Å². The zero-order valence-corrected chi connectivity index (χ0v) is 23.8. The number of hydrogen-bond donors (Lipinski definition) is 3. The number of esters is 1. The number of ether oxygens (including phenoxy) is 2. The Hall–Kier alpha value is -5.01. The topological polar surface area (TPSA) is 173 Å². The van der Waals surface area contributed by atoms with Crippen molar-refractivity contribution in [1.29, 1.82) is 0 Å². The van der Waals surface area contributed by atoms with E-state index in [-0.39, 0.29) is 29.4 Å². The lowest BCUT2D eigenvalue weighted by Crippen LogP contribution is -2.36. The van der Waals surface area contributed by atoms with Gasteiger partial charge in [-0.1, -0.05) is 13.0 Å². The summed E-state index contributed by atoms with van der Waals surface area (Å²) in [6.45, 7) is 6.53. The fourth-order valence-corrected chi connectivity index (χ4v) is 4.15. The van der Waals surface area contributed by atoms with Gasteiger partial charge in [-0.25, -0.2) is 24.0 Å².